The number of carbonyl (C=O) groups is 2. The van der Waals surface area contributed by atoms with Gasteiger partial charge in [0.25, 0.3) is 11.8 Å². The summed E-state index contributed by atoms with van der Waals surface area (Å²) in [5.41, 5.74) is 1.35. The molecule has 0 fully saturated rings. The minimum atomic E-state index is -0.378. The van der Waals surface area contributed by atoms with Gasteiger partial charge >= 0.3 is 0 Å². The molecule has 0 bridgehead atoms. The van der Waals surface area contributed by atoms with Crippen LogP contribution >= 0.6 is 0 Å². The molecule has 1 N–H and O–H groups in total. The van der Waals surface area contributed by atoms with Gasteiger partial charge in [0.2, 0.25) is 0 Å². The number of anilines is 1. The normalized spacial score (nSPS) is 9.71. The molecule has 0 spiro atoms. The maximum atomic E-state index is 12.0. The van der Waals surface area contributed by atoms with Gasteiger partial charge in [-0.1, -0.05) is 18.2 Å². The van der Waals surface area contributed by atoms with Crippen molar-refractivity contribution in [2.24, 2.45) is 0 Å². The minimum Gasteiger partial charge on any atom is -0.482 e. The summed E-state index contributed by atoms with van der Waals surface area (Å²) in [4.78, 5) is 25.4. The van der Waals surface area contributed by atoms with Crippen molar-refractivity contribution in [1.29, 1.82) is 5.26 Å². The van der Waals surface area contributed by atoms with Gasteiger partial charge in [0.1, 0.15) is 11.8 Å². The average Bonchev–Trinajstić information content (AvgIpc) is 2.59. The number of amides is 2. The van der Waals surface area contributed by atoms with E-state index in [1.54, 1.807) is 62.6 Å². The Bertz CT molecular complexity index is 794. The number of hydrogen-bond donors (Lipinski definition) is 1. The molecule has 2 rings (SSSR count). The largest absolute Gasteiger partial charge is 0.482 e. The van der Waals surface area contributed by atoms with Crippen LogP contribution in [0.3, 0.4) is 0 Å². The van der Waals surface area contributed by atoms with Crippen LogP contribution in [0.5, 0.6) is 5.75 Å². The fourth-order valence-electron chi connectivity index (χ4n) is 2.01. The van der Waals surface area contributed by atoms with Crippen molar-refractivity contribution in [3.63, 3.8) is 0 Å². The second-order valence-electron chi connectivity index (χ2n) is 5.23. The van der Waals surface area contributed by atoms with Crippen LogP contribution in [0, 0.1) is 11.3 Å². The fraction of sp³-hybridized carbons (Fsp3) is 0.167. The molecule has 2 aromatic rings. The van der Waals surface area contributed by atoms with Gasteiger partial charge in [0, 0.05) is 25.3 Å². The van der Waals surface area contributed by atoms with Crippen molar-refractivity contribution in [2.45, 2.75) is 0 Å². The Hall–Kier alpha value is -3.33. The summed E-state index contributed by atoms with van der Waals surface area (Å²) in [7, 11) is 3.32. The Morgan fingerprint density at radius 3 is 2.62 bits per heavy atom. The standard InChI is InChI=1S/C18H17N3O3/c1-21(2)18(23)13-7-5-8-15(10-13)20-17(22)12-24-16-9-4-3-6-14(16)11-19/h3-10H,12H2,1-2H3,(H,20,22). The van der Waals surface area contributed by atoms with Crippen LogP contribution in [-0.2, 0) is 4.79 Å². The van der Waals surface area contributed by atoms with Crippen molar-refractivity contribution in [3.8, 4) is 11.8 Å². The average molecular weight is 323 g/mol. The lowest BCUT2D eigenvalue weighted by Crippen LogP contribution is -2.23. The second-order valence-corrected chi connectivity index (χ2v) is 5.23. The molecule has 0 unspecified atom stereocenters. The van der Waals surface area contributed by atoms with Crippen LogP contribution in [0.2, 0.25) is 0 Å². The molecular weight excluding hydrogens is 306 g/mol. The van der Waals surface area contributed by atoms with Gasteiger partial charge < -0.3 is 15.0 Å². The smallest absolute Gasteiger partial charge is 0.262 e. The van der Waals surface area contributed by atoms with Crippen molar-refractivity contribution >= 4 is 17.5 Å². The fourth-order valence-corrected chi connectivity index (χ4v) is 2.01. The summed E-state index contributed by atoms with van der Waals surface area (Å²) < 4.78 is 5.37. The number of nitriles is 1. The van der Waals surface area contributed by atoms with Crippen LogP contribution in [0.15, 0.2) is 48.5 Å². The van der Waals surface area contributed by atoms with E-state index in [1.165, 1.54) is 4.90 Å². The molecule has 0 atom stereocenters. The van der Waals surface area contributed by atoms with Gasteiger partial charge in [-0.15, -0.1) is 0 Å². The van der Waals surface area contributed by atoms with Gasteiger partial charge in [0.05, 0.1) is 5.56 Å². The zero-order valence-electron chi connectivity index (χ0n) is 13.4. The Labute approximate surface area is 140 Å². The van der Waals surface area contributed by atoms with Crippen molar-refractivity contribution in [2.75, 3.05) is 26.0 Å². The second kappa shape index (κ2) is 7.79. The molecule has 0 aromatic heterocycles. The quantitative estimate of drug-likeness (QED) is 0.915. The summed E-state index contributed by atoms with van der Waals surface area (Å²) in [5.74, 6) is -0.172. The molecule has 6 nitrogen and oxygen atoms in total. The lowest BCUT2D eigenvalue weighted by atomic mass is 10.2. The van der Waals surface area contributed by atoms with Crippen LogP contribution in [0.1, 0.15) is 15.9 Å². The van der Waals surface area contributed by atoms with E-state index in [-0.39, 0.29) is 18.4 Å². The molecule has 0 aliphatic rings. The number of ether oxygens (including phenoxy) is 1. The molecule has 0 aliphatic carbocycles. The summed E-state index contributed by atoms with van der Waals surface area (Å²) in [6.07, 6.45) is 0. The van der Waals surface area contributed by atoms with E-state index in [4.69, 9.17) is 10.00 Å². The lowest BCUT2D eigenvalue weighted by Gasteiger charge is -2.12. The van der Waals surface area contributed by atoms with Crippen LogP contribution in [-0.4, -0.2) is 37.4 Å². The third-order valence-corrected chi connectivity index (χ3v) is 3.17. The Morgan fingerprint density at radius 2 is 1.92 bits per heavy atom. The first-order chi connectivity index (χ1) is 11.5. The third kappa shape index (κ3) is 4.34. The molecule has 2 aromatic carbocycles. The number of rotatable bonds is 5. The minimum absolute atomic E-state index is 0.148. The van der Waals surface area contributed by atoms with Gasteiger partial charge in [0.15, 0.2) is 6.61 Å². The molecule has 6 heteroatoms. The molecule has 0 saturated heterocycles. The summed E-state index contributed by atoms with van der Waals surface area (Å²) >= 11 is 0. The first-order valence-corrected chi connectivity index (χ1v) is 7.24. The molecular formula is C18H17N3O3. The van der Waals surface area contributed by atoms with E-state index >= 15 is 0 Å². The topological polar surface area (TPSA) is 82.4 Å². The zero-order valence-corrected chi connectivity index (χ0v) is 13.4. The number of hydrogen-bond acceptors (Lipinski definition) is 4. The van der Waals surface area contributed by atoms with Crippen LogP contribution in [0.25, 0.3) is 0 Å². The Kier molecular flexibility index (Phi) is 5.53. The van der Waals surface area contributed by atoms with E-state index < -0.39 is 0 Å². The Morgan fingerprint density at radius 1 is 1.17 bits per heavy atom. The molecule has 122 valence electrons. The van der Waals surface area contributed by atoms with Crippen molar-refractivity contribution in [3.05, 3.63) is 59.7 Å². The lowest BCUT2D eigenvalue weighted by molar-refractivity contribution is -0.118. The van der Waals surface area contributed by atoms with Crippen molar-refractivity contribution < 1.29 is 14.3 Å². The summed E-state index contributed by atoms with van der Waals surface area (Å²) in [6, 6.07) is 15.3. The first kappa shape index (κ1) is 17.0. The molecule has 24 heavy (non-hydrogen) atoms. The molecule has 2 amide bonds. The van der Waals surface area contributed by atoms with E-state index in [2.05, 4.69) is 5.32 Å². The highest BCUT2D eigenvalue weighted by Crippen LogP contribution is 2.17. The SMILES string of the molecule is CN(C)C(=O)c1cccc(NC(=O)COc2ccccc2C#N)c1. The van der Waals surface area contributed by atoms with Gasteiger partial charge in [-0.2, -0.15) is 5.26 Å². The highest BCUT2D eigenvalue weighted by atomic mass is 16.5. The first-order valence-electron chi connectivity index (χ1n) is 7.24. The van der Waals surface area contributed by atoms with E-state index in [0.717, 1.165) is 0 Å². The molecule has 0 aliphatic heterocycles. The number of para-hydroxylation sites is 1. The number of carbonyl (C=O) groups excluding carboxylic acids is 2. The van der Waals surface area contributed by atoms with Gasteiger partial charge in [-0.3, -0.25) is 9.59 Å². The molecule has 0 saturated carbocycles. The maximum Gasteiger partial charge on any atom is 0.262 e. The maximum absolute atomic E-state index is 12.0. The Balaban J connectivity index is 1.99. The number of benzene rings is 2. The highest BCUT2D eigenvalue weighted by Gasteiger charge is 2.10. The van der Waals surface area contributed by atoms with Crippen molar-refractivity contribution in [1.82, 2.24) is 4.90 Å². The van der Waals surface area contributed by atoms with E-state index in [1.807, 2.05) is 6.07 Å². The van der Waals surface area contributed by atoms with Crippen LogP contribution in [0.4, 0.5) is 5.69 Å². The number of nitrogens with zero attached hydrogens (tertiary/aromatic N) is 2. The monoisotopic (exact) mass is 323 g/mol. The molecule has 0 radical (unpaired) electrons. The van der Waals surface area contributed by atoms with Gasteiger partial charge in [-0.05, 0) is 30.3 Å². The third-order valence-electron chi connectivity index (χ3n) is 3.17. The molecule has 0 heterocycles. The predicted octanol–water partition coefficient (Wildman–Crippen LogP) is 2.28. The summed E-state index contributed by atoms with van der Waals surface area (Å²) in [5, 5.41) is 11.6. The summed E-state index contributed by atoms with van der Waals surface area (Å²) in [6.45, 7) is -0.232. The van der Waals surface area contributed by atoms with Crippen LogP contribution < -0.4 is 10.1 Å². The highest BCUT2D eigenvalue weighted by molar-refractivity contribution is 5.97. The van der Waals surface area contributed by atoms with Gasteiger partial charge in [-0.25, -0.2) is 0 Å². The van der Waals surface area contributed by atoms with E-state index in [0.29, 0.717) is 22.6 Å². The predicted molar refractivity (Wildman–Crippen MR) is 89.7 cm³/mol. The number of nitrogens with one attached hydrogen (secondary N) is 1. The zero-order chi connectivity index (χ0) is 17.5. The van der Waals surface area contributed by atoms with E-state index in [9.17, 15) is 9.59 Å².